The first-order valence-corrected chi connectivity index (χ1v) is 6.81. The molecule has 0 amide bonds. The molecule has 0 bridgehead atoms. The summed E-state index contributed by atoms with van der Waals surface area (Å²) in [6.45, 7) is 0.452. The fraction of sp³-hybridized carbons (Fsp3) is 0.125. The number of aromatic nitrogens is 4. The molecule has 0 fully saturated rings. The maximum absolute atomic E-state index is 5.52. The van der Waals surface area contributed by atoms with Crippen LogP contribution in [0.15, 0.2) is 60.7 Å². The van der Waals surface area contributed by atoms with Gasteiger partial charge in [0.25, 0.3) is 0 Å². The molecule has 0 saturated heterocycles. The van der Waals surface area contributed by atoms with Crippen molar-refractivity contribution in [3.63, 3.8) is 0 Å². The Balaban J connectivity index is 1.52. The average Bonchev–Trinajstić information content (AvgIpc) is 2.61. The summed E-state index contributed by atoms with van der Waals surface area (Å²) in [4.78, 5) is 0. The van der Waals surface area contributed by atoms with Crippen molar-refractivity contribution in [3.05, 3.63) is 72.3 Å². The fourth-order valence-corrected chi connectivity index (χ4v) is 1.72. The van der Waals surface area contributed by atoms with E-state index >= 15 is 0 Å². The van der Waals surface area contributed by atoms with Crippen molar-refractivity contribution in [2.45, 2.75) is 13.2 Å². The number of hydrogen-bond donors (Lipinski definition) is 0. The maximum atomic E-state index is 5.52. The van der Waals surface area contributed by atoms with Crippen LogP contribution in [0.25, 0.3) is 0 Å². The first-order chi connectivity index (χ1) is 10.9. The predicted molar refractivity (Wildman–Crippen MR) is 79.2 cm³/mol. The van der Waals surface area contributed by atoms with Crippen molar-refractivity contribution in [1.29, 1.82) is 0 Å². The molecular formula is C16H14N4O2. The van der Waals surface area contributed by atoms with Gasteiger partial charge in [0, 0.05) is 0 Å². The first-order valence-electron chi connectivity index (χ1n) is 6.81. The quantitative estimate of drug-likeness (QED) is 0.695. The van der Waals surface area contributed by atoms with Crippen LogP contribution in [-0.2, 0) is 13.2 Å². The van der Waals surface area contributed by atoms with Crippen molar-refractivity contribution in [2.75, 3.05) is 0 Å². The molecule has 0 N–H and O–H groups in total. The summed E-state index contributed by atoms with van der Waals surface area (Å²) in [6.07, 6.45) is 0. The highest BCUT2D eigenvalue weighted by Gasteiger charge is 2.04. The van der Waals surface area contributed by atoms with E-state index in [1.807, 2.05) is 60.7 Å². The molecule has 1 aromatic heterocycles. The molecule has 22 heavy (non-hydrogen) atoms. The van der Waals surface area contributed by atoms with Crippen LogP contribution in [0.2, 0.25) is 0 Å². The van der Waals surface area contributed by atoms with E-state index in [2.05, 4.69) is 20.4 Å². The molecule has 0 saturated carbocycles. The predicted octanol–water partition coefficient (Wildman–Crippen LogP) is 2.42. The SMILES string of the molecule is c1ccc(OCc2nnc(COc3ccccc3)nn2)cc1. The van der Waals surface area contributed by atoms with E-state index in [4.69, 9.17) is 9.47 Å². The molecule has 6 nitrogen and oxygen atoms in total. The molecule has 0 aliphatic rings. The van der Waals surface area contributed by atoms with E-state index in [9.17, 15) is 0 Å². The Labute approximate surface area is 127 Å². The van der Waals surface area contributed by atoms with Gasteiger partial charge in [-0.15, -0.1) is 20.4 Å². The van der Waals surface area contributed by atoms with Crippen molar-refractivity contribution in [2.24, 2.45) is 0 Å². The van der Waals surface area contributed by atoms with Crippen LogP contribution in [0.3, 0.4) is 0 Å². The van der Waals surface area contributed by atoms with Crippen molar-refractivity contribution < 1.29 is 9.47 Å². The molecule has 3 rings (SSSR count). The summed E-state index contributed by atoms with van der Waals surface area (Å²) in [5.74, 6) is 2.35. The third-order valence-electron chi connectivity index (χ3n) is 2.78. The highest BCUT2D eigenvalue weighted by atomic mass is 16.5. The zero-order valence-electron chi connectivity index (χ0n) is 11.8. The van der Waals surface area contributed by atoms with E-state index in [0.29, 0.717) is 11.6 Å². The molecule has 6 heteroatoms. The Hall–Kier alpha value is -3.02. The van der Waals surface area contributed by atoms with E-state index < -0.39 is 0 Å². The summed E-state index contributed by atoms with van der Waals surface area (Å²) in [5, 5.41) is 15.9. The highest BCUT2D eigenvalue weighted by molar-refractivity contribution is 5.21. The van der Waals surface area contributed by atoms with Gasteiger partial charge in [-0.25, -0.2) is 0 Å². The summed E-state index contributed by atoms with van der Waals surface area (Å²) in [6, 6.07) is 18.9. The number of ether oxygens (including phenoxy) is 2. The minimum atomic E-state index is 0.226. The van der Waals surface area contributed by atoms with Gasteiger partial charge in [0.15, 0.2) is 13.2 Å². The van der Waals surface area contributed by atoms with Gasteiger partial charge >= 0.3 is 0 Å². The monoisotopic (exact) mass is 294 g/mol. The van der Waals surface area contributed by atoms with Gasteiger partial charge in [-0.3, -0.25) is 0 Å². The van der Waals surface area contributed by atoms with E-state index in [0.717, 1.165) is 11.5 Å². The summed E-state index contributed by atoms with van der Waals surface area (Å²) < 4.78 is 11.0. The van der Waals surface area contributed by atoms with Gasteiger partial charge in [-0.05, 0) is 24.3 Å². The average molecular weight is 294 g/mol. The lowest BCUT2D eigenvalue weighted by molar-refractivity contribution is 0.278. The Morgan fingerprint density at radius 2 is 0.909 bits per heavy atom. The Kier molecular flexibility index (Phi) is 4.51. The largest absolute Gasteiger partial charge is 0.485 e. The second-order valence-corrected chi connectivity index (χ2v) is 4.44. The molecule has 3 aromatic rings. The van der Waals surface area contributed by atoms with Gasteiger partial charge in [0.1, 0.15) is 11.5 Å². The summed E-state index contributed by atoms with van der Waals surface area (Å²) >= 11 is 0. The molecule has 0 unspecified atom stereocenters. The standard InChI is InChI=1S/C16H14N4O2/c1-3-7-13(8-4-1)21-11-15-17-19-16(20-18-15)12-22-14-9-5-2-6-10-14/h1-10H,11-12H2. The molecule has 0 radical (unpaired) electrons. The van der Waals surface area contributed by atoms with E-state index in [-0.39, 0.29) is 13.2 Å². The van der Waals surface area contributed by atoms with Crippen molar-refractivity contribution in [1.82, 2.24) is 20.4 Å². The van der Waals surface area contributed by atoms with Gasteiger partial charge in [0.2, 0.25) is 11.6 Å². The van der Waals surface area contributed by atoms with Crippen LogP contribution in [0.4, 0.5) is 0 Å². The molecule has 1 heterocycles. The molecule has 110 valence electrons. The minimum Gasteiger partial charge on any atom is -0.485 e. The first kappa shape index (κ1) is 13.9. The lowest BCUT2D eigenvalue weighted by Crippen LogP contribution is -2.10. The summed E-state index contributed by atoms with van der Waals surface area (Å²) in [5.41, 5.74) is 0. The number of hydrogen-bond acceptors (Lipinski definition) is 6. The van der Waals surface area contributed by atoms with Crippen LogP contribution in [-0.4, -0.2) is 20.4 Å². The normalized spacial score (nSPS) is 10.2. The minimum absolute atomic E-state index is 0.226. The zero-order chi connectivity index (χ0) is 15.0. The third-order valence-corrected chi connectivity index (χ3v) is 2.78. The van der Waals surface area contributed by atoms with Gasteiger partial charge in [0.05, 0.1) is 0 Å². The van der Waals surface area contributed by atoms with E-state index in [1.54, 1.807) is 0 Å². The van der Waals surface area contributed by atoms with Crippen LogP contribution in [0, 0.1) is 0 Å². The second kappa shape index (κ2) is 7.12. The smallest absolute Gasteiger partial charge is 0.210 e. The lowest BCUT2D eigenvalue weighted by atomic mass is 10.3. The molecular weight excluding hydrogens is 280 g/mol. The molecule has 2 aromatic carbocycles. The van der Waals surface area contributed by atoms with Crippen molar-refractivity contribution >= 4 is 0 Å². The van der Waals surface area contributed by atoms with E-state index in [1.165, 1.54) is 0 Å². The van der Waals surface area contributed by atoms with Gasteiger partial charge < -0.3 is 9.47 Å². The Morgan fingerprint density at radius 1 is 0.545 bits per heavy atom. The van der Waals surface area contributed by atoms with Crippen LogP contribution in [0.5, 0.6) is 11.5 Å². The Morgan fingerprint density at radius 3 is 1.27 bits per heavy atom. The number of rotatable bonds is 6. The van der Waals surface area contributed by atoms with Gasteiger partial charge in [-0.2, -0.15) is 0 Å². The zero-order valence-corrected chi connectivity index (χ0v) is 11.8. The molecule has 0 atom stereocenters. The fourth-order valence-electron chi connectivity index (χ4n) is 1.72. The summed E-state index contributed by atoms with van der Waals surface area (Å²) in [7, 11) is 0. The van der Waals surface area contributed by atoms with Crippen LogP contribution < -0.4 is 9.47 Å². The lowest BCUT2D eigenvalue weighted by Gasteiger charge is -2.05. The van der Waals surface area contributed by atoms with Crippen LogP contribution >= 0.6 is 0 Å². The molecule has 0 aliphatic heterocycles. The molecule has 0 spiro atoms. The topological polar surface area (TPSA) is 70.0 Å². The van der Waals surface area contributed by atoms with Crippen LogP contribution in [0.1, 0.15) is 11.6 Å². The Bertz CT molecular complexity index is 628. The van der Waals surface area contributed by atoms with Gasteiger partial charge in [-0.1, -0.05) is 36.4 Å². The number of nitrogens with zero attached hydrogens (tertiary/aromatic N) is 4. The second-order valence-electron chi connectivity index (χ2n) is 4.44. The maximum Gasteiger partial charge on any atom is 0.210 e. The number of benzene rings is 2. The molecule has 0 aliphatic carbocycles. The van der Waals surface area contributed by atoms with Crippen molar-refractivity contribution in [3.8, 4) is 11.5 Å². The number of para-hydroxylation sites is 2. The third kappa shape index (κ3) is 3.99. The highest BCUT2D eigenvalue weighted by Crippen LogP contribution is 2.10.